The van der Waals surface area contributed by atoms with Crippen LogP contribution in [-0.4, -0.2) is 22.6 Å². The molecule has 0 unspecified atom stereocenters. The van der Waals surface area contributed by atoms with E-state index in [-0.39, 0.29) is 31.8 Å². The number of benzene rings is 2. The summed E-state index contributed by atoms with van der Waals surface area (Å²) in [4.78, 5) is 0.0196. The van der Waals surface area contributed by atoms with Gasteiger partial charge in [-0.05, 0) is 42.5 Å². The van der Waals surface area contributed by atoms with E-state index in [2.05, 4.69) is 4.72 Å². The molecule has 0 aromatic heterocycles. The van der Waals surface area contributed by atoms with Gasteiger partial charge in [-0.2, -0.15) is 5.26 Å². The summed E-state index contributed by atoms with van der Waals surface area (Å²) in [5.74, 6) is -0.0399. The Kier molecular flexibility index (Phi) is 5.18. The maximum atomic E-state index is 12.3. The Hall–Kier alpha value is -2.08. The van der Waals surface area contributed by atoms with Gasteiger partial charge in [0.15, 0.2) is 9.84 Å². The molecule has 0 radical (unpaired) electrons. The van der Waals surface area contributed by atoms with Crippen LogP contribution in [0.5, 0.6) is 0 Å². The van der Waals surface area contributed by atoms with Crippen molar-refractivity contribution in [2.75, 3.05) is 10.5 Å². The minimum Gasteiger partial charge on any atom is -0.280 e. The van der Waals surface area contributed by atoms with E-state index in [4.69, 9.17) is 16.9 Å². The van der Waals surface area contributed by atoms with Gasteiger partial charge in [-0.3, -0.25) is 4.72 Å². The Morgan fingerprint density at radius 1 is 1.04 bits per heavy atom. The maximum Gasteiger partial charge on any atom is 0.261 e. The normalized spacial score (nSPS) is 11.7. The average molecular weight is 385 g/mol. The topological polar surface area (TPSA) is 104 Å². The minimum atomic E-state index is -3.91. The van der Waals surface area contributed by atoms with Crippen LogP contribution in [-0.2, 0) is 19.9 Å². The van der Waals surface area contributed by atoms with Gasteiger partial charge in [0.1, 0.15) is 6.07 Å². The van der Waals surface area contributed by atoms with Crippen LogP contribution in [0.3, 0.4) is 0 Å². The highest BCUT2D eigenvalue weighted by Gasteiger charge is 2.17. The summed E-state index contributed by atoms with van der Waals surface area (Å²) in [5, 5.41) is 8.84. The number of hydrogen-bond donors (Lipinski definition) is 1. The Bertz CT molecular complexity index is 1010. The summed E-state index contributed by atoms with van der Waals surface area (Å²) in [7, 11) is -7.26. The fourth-order valence-electron chi connectivity index (χ4n) is 1.86. The van der Waals surface area contributed by atoms with Gasteiger partial charge < -0.3 is 0 Å². The molecule has 0 spiro atoms. The molecule has 0 heterocycles. The second kappa shape index (κ2) is 6.81. The number of rotatable bonds is 5. The highest BCUT2D eigenvalue weighted by Crippen LogP contribution is 2.23. The molecule has 0 aliphatic heterocycles. The number of nitriles is 1. The third-order valence-corrected chi connectivity index (χ3v) is 6.66. The van der Waals surface area contributed by atoms with Gasteiger partial charge in [-0.15, -0.1) is 0 Å². The first kappa shape index (κ1) is 18.3. The lowest BCUT2D eigenvalue weighted by Gasteiger charge is -2.09. The smallest absolute Gasteiger partial charge is 0.261 e. The molecule has 0 aliphatic rings. The summed E-state index contributed by atoms with van der Waals surface area (Å²) in [6.07, 6.45) is 0. The summed E-state index contributed by atoms with van der Waals surface area (Å²) in [5.41, 5.74) is 0.385. The van der Waals surface area contributed by atoms with Gasteiger partial charge in [-0.1, -0.05) is 18.5 Å². The van der Waals surface area contributed by atoms with Gasteiger partial charge in [0.25, 0.3) is 10.0 Å². The van der Waals surface area contributed by atoms with Gasteiger partial charge in [0.2, 0.25) is 0 Å². The monoisotopic (exact) mass is 384 g/mol. The molecule has 2 aromatic rings. The first-order valence-electron chi connectivity index (χ1n) is 6.75. The molecule has 0 aliphatic carbocycles. The predicted octanol–water partition coefficient (Wildman–Crippen LogP) is 2.81. The zero-order valence-electron chi connectivity index (χ0n) is 12.5. The third-order valence-electron chi connectivity index (χ3n) is 3.22. The highest BCUT2D eigenvalue weighted by atomic mass is 35.5. The van der Waals surface area contributed by atoms with E-state index in [0.717, 1.165) is 0 Å². The minimum absolute atomic E-state index is 0.0322. The lowest BCUT2D eigenvalue weighted by molar-refractivity contribution is 0.597. The van der Waals surface area contributed by atoms with Crippen LogP contribution >= 0.6 is 11.6 Å². The van der Waals surface area contributed by atoms with E-state index in [0.29, 0.717) is 0 Å². The first-order valence-corrected chi connectivity index (χ1v) is 10.3. The molecule has 0 bridgehead atoms. The number of nitrogens with one attached hydrogen (secondary N) is 1. The quantitative estimate of drug-likeness (QED) is 0.853. The van der Waals surface area contributed by atoms with Crippen LogP contribution < -0.4 is 4.72 Å². The van der Waals surface area contributed by atoms with Crippen LogP contribution in [0, 0.1) is 11.3 Å². The summed E-state index contributed by atoms with van der Waals surface area (Å²) in [6, 6.07) is 11.0. The van der Waals surface area contributed by atoms with Crippen LogP contribution in [0.1, 0.15) is 12.5 Å². The van der Waals surface area contributed by atoms with Crippen LogP contribution in [0.15, 0.2) is 52.3 Å². The van der Waals surface area contributed by atoms with E-state index in [1.165, 1.54) is 49.4 Å². The number of anilines is 1. The van der Waals surface area contributed by atoms with E-state index in [9.17, 15) is 16.8 Å². The van der Waals surface area contributed by atoms with Crippen molar-refractivity contribution in [1.29, 1.82) is 5.26 Å². The summed E-state index contributed by atoms with van der Waals surface area (Å²) >= 11 is 5.84. The van der Waals surface area contributed by atoms with Crippen molar-refractivity contribution in [3.8, 4) is 6.07 Å². The van der Waals surface area contributed by atoms with Crippen molar-refractivity contribution in [2.24, 2.45) is 0 Å². The lowest BCUT2D eigenvalue weighted by Crippen LogP contribution is -2.13. The molecular formula is C15H13ClN2O4S2. The van der Waals surface area contributed by atoms with Gasteiger partial charge in [0.05, 0.1) is 26.1 Å². The number of hydrogen-bond acceptors (Lipinski definition) is 5. The largest absolute Gasteiger partial charge is 0.280 e. The molecule has 126 valence electrons. The summed E-state index contributed by atoms with van der Waals surface area (Å²) in [6.45, 7) is 1.53. The average Bonchev–Trinajstić information content (AvgIpc) is 2.55. The maximum absolute atomic E-state index is 12.3. The Morgan fingerprint density at radius 2 is 1.62 bits per heavy atom. The molecule has 2 aromatic carbocycles. The predicted molar refractivity (Wildman–Crippen MR) is 91.1 cm³/mol. The Labute approximate surface area is 145 Å². The number of halogens is 1. The number of nitrogens with zero attached hydrogens (tertiary/aromatic N) is 1. The first-order chi connectivity index (χ1) is 11.2. The second-order valence-electron chi connectivity index (χ2n) is 4.79. The zero-order valence-corrected chi connectivity index (χ0v) is 14.9. The molecular weight excluding hydrogens is 372 g/mol. The van der Waals surface area contributed by atoms with Gasteiger partial charge in [-0.25, -0.2) is 16.8 Å². The number of sulfone groups is 1. The molecule has 9 heteroatoms. The van der Waals surface area contributed by atoms with Gasteiger partial charge >= 0.3 is 0 Å². The van der Waals surface area contributed by atoms with E-state index < -0.39 is 19.9 Å². The highest BCUT2D eigenvalue weighted by molar-refractivity contribution is 7.92. The summed E-state index contributed by atoms with van der Waals surface area (Å²) < 4.78 is 50.4. The molecule has 1 N–H and O–H groups in total. The van der Waals surface area contributed by atoms with Crippen molar-refractivity contribution in [2.45, 2.75) is 16.7 Å². The molecule has 0 atom stereocenters. The molecule has 6 nitrogen and oxygen atoms in total. The Balaban J connectivity index is 2.30. The van der Waals surface area contributed by atoms with E-state index >= 15 is 0 Å². The SMILES string of the molecule is CCS(=O)(=O)c1ccc(NS(=O)(=O)c2ccc(C#N)c(Cl)c2)cc1. The fraction of sp³-hybridized carbons (Fsp3) is 0.133. The van der Waals surface area contributed by atoms with Crippen LogP contribution in [0.2, 0.25) is 5.02 Å². The molecule has 0 saturated carbocycles. The van der Waals surface area contributed by atoms with Gasteiger partial charge in [0, 0.05) is 5.69 Å². The zero-order chi connectivity index (χ0) is 18.0. The molecule has 0 fully saturated rings. The fourth-order valence-corrected chi connectivity index (χ4v) is 4.12. The van der Waals surface area contributed by atoms with Crippen molar-refractivity contribution < 1.29 is 16.8 Å². The molecule has 24 heavy (non-hydrogen) atoms. The number of sulfonamides is 1. The molecule has 0 saturated heterocycles. The third kappa shape index (κ3) is 3.87. The van der Waals surface area contributed by atoms with E-state index in [1.807, 2.05) is 6.07 Å². The Morgan fingerprint density at radius 3 is 2.12 bits per heavy atom. The molecule has 2 rings (SSSR count). The van der Waals surface area contributed by atoms with Crippen LogP contribution in [0.4, 0.5) is 5.69 Å². The molecule has 0 amide bonds. The van der Waals surface area contributed by atoms with Crippen molar-refractivity contribution in [1.82, 2.24) is 0 Å². The van der Waals surface area contributed by atoms with Crippen molar-refractivity contribution in [3.63, 3.8) is 0 Å². The van der Waals surface area contributed by atoms with Crippen molar-refractivity contribution in [3.05, 3.63) is 53.1 Å². The van der Waals surface area contributed by atoms with Crippen molar-refractivity contribution >= 4 is 37.1 Å². The van der Waals surface area contributed by atoms with Crippen LogP contribution in [0.25, 0.3) is 0 Å². The van der Waals surface area contributed by atoms with E-state index in [1.54, 1.807) is 0 Å². The lowest BCUT2D eigenvalue weighted by atomic mass is 10.2. The standard InChI is InChI=1S/C15H13ClN2O4S2/c1-2-23(19,20)13-7-4-12(5-8-13)18-24(21,22)14-6-3-11(10-17)15(16)9-14/h3-9,18H,2H2,1H3. The second-order valence-corrected chi connectivity index (χ2v) is 9.15.